The third kappa shape index (κ3) is 1.20. The Morgan fingerprint density at radius 3 is 3.36 bits per heavy atom. The second-order valence-corrected chi connectivity index (χ2v) is 4.96. The van der Waals surface area contributed by atoms with E-state index in [1.807, 2.05) is 11.8 Å². The van der Waals surface area contributed by atoms with E-state index in [0.29, 0.717) is 18.0 Å². The summed E-state index contributed by atoms with van der Waals surface area (Å²) in [7, 11) is 0. The molecular weight excluding hydrogens is 198 g/mol. The number of hydrogen-bond donors (Lipinski definition) is 3. The zero-order valence-electron chi connectivity index (χ0n) is 7.69. The zero-order valence-corrected chi connectivity index (χ0v) is 8.51. The summed E-state index contributed by atoms with van der Waals surface area (Å²) in [6, 6.07) is 0.754. The van der Waals surface area contributed by atoms with Gasteiger partial charge in [-0.3, -0.25) is 10.2 Å². The van der Waals surface area contributed by atoms with E-state index in [1.165, 1.54) is 0 Å². The van der Waals surface area contributed by atoms with Crippen LogP contribution < -0.4 is 16.2 Å². The molecule has 0 saturated carbocycles. The number of hydrogen-bond acceptors (Lipinski definition) is 4. The van der Waals surface area contributed by atoms with Crippen molar-refractivity contribution in [1.82, 2.24) is 16.2 Å². The number of fused-ring (bicyclic) bond motifs is 3. The van der Waals surface area contributed by atoms with Gasteiger partial charge in [0.2, 0.25) is 5.91 Å². The Labute approximate surface area is 86.9 Å². The van der Waals surface area contributed by atoms with Crippen LogP contribution in [-0.4, -0.2) is 30.3 Å². The highest BCUT2D eigenvalue weighted by Crippen LogP contribution is 2.31. The molecule has 0 aromatic rings. The lowest BCUT2D eigenvalue weighted by atomic mass is 9.81. The van der Waals surface area contributed by atoms with Crippen molar-refractivity contribution < 1.29 is 4.79 Å². The zero-order chi connectivity index (χ0) is 9.54. The van der Waals surface area contributed by atoms with Crippen LogP contribution in [0.5, 0.6) is 0 Å². The van der Waals surface area contributed by atoms with E-state index >= 15 is 0 Å². The summed E-state index contributed by atoms with van der Waals surface area (Å²) in [6.45, 7) is 0.791. The number of hydrazine groups is 1. The van der Waals surface area contributed by atoms with Crippen LogP contribution in [-0.2, 0) is 4.79 Å². The minimum atomic E-state index is 0.114. The Bertz CT molecular complexity index is 292. The highest BCUT2D eigenvalue weighted by Gasteiger charge is 2.45. The monoisotopic (exact) mass is 211 g/mol. The fourth-order valence-corrected chi connectivity index (χ4v) is 3.53. The summed E-state index contributed by atoms with van der Waals surface area (Å²) in [5.74, 6) is 1.88. The van der Waals surface area contributed by atoms with Crippen molar-refractivity contribution in [3.63, 3.8) is 0 Å². The van der Waals surface area contributed by atoms with E-state index in [0.717, 1.165) is 12.3 Å². The minimum absolute atomic E-state index is 0.114. The van der Waals surface area contributed by atoms with Gasteiger partial charge in [0.25, 0.3) is 0 Å². The van der Waals surface area contributed by atoms with E-state index < -0.39 is 0 Å². The molecule has 4 atom stereocenters. The average molecular weight is 211 g/mol. The maximum Gasteiger partial charge on any atom is 0.240 e. The van der Waals surface area contributed by atoms with Crippen LogP contribution in [0.1, 0.15) is 0 Å². The molecule has 14 heavy (non-hydrogen) atoms. The van der Waals surface area contributed by atoms with Crippen molar-refractivity contribution in [1.29, 1.82) is 0 Å². The molecule has 0 bridgehead atoms. The molecule has 2 saturated heterocycles. The van der Waals surface area contributed by atoms with Gasteiger partial charge in [0.05, 0.1) is 5.92 Å². The molecule has 3 N–H and O–H groups in total. The van der Waals surface area contributed by atoms with Crippen LogP contribution >= 0.6 is 11.8 Å². The van der Waals surface area contributed by atoms with E-state index in [1.54, 1.807) is 0 Å². The molecule has 4 unspecified atom stereocenters. The van der Waals surface area contributed by atoms with Gasteiger partial charge in [-0.1, -0.05) is 6.08 Å². The number of nitrogens with one attached hydrogen (secondary N) is 3. The maximum absolute atomic E-state index is 11.4. The Kier molecular flexibility index (Phi) is 2.04. The molecule has 3 aliphatic rings. The first-order valence-corrected chi connectivity index (χ1v) is 5.98. The number of piperidine rings is 1. The standard InChI is InChI=1S/C9H13N3OS/c13-9-5-3-10-7-1-2-14-4-6(7)8(5)11-12-9/h1-2,5-8,10-11H,3-4H2,(H,12,13). The van der Waals surface area contributed by atoms with Crippen LogP contribution in [0.25, 0.3) is 0 Å². The van der Waals surface area contributed by atoms with Crippen LogP contribution in [0, 0.1) is 11.8 Å². The van der Waals surface area contributed by atoms with E-state index in [-0.39, 0.29) is 11.8 Å². The SMILES string of the molecule is O=C1NNC2C1CNC1C=CSCC12. The number of amides is 1. The predicted molar refractivity (Wildman–Crippen MR) is 55.4 cm³/mol. The quantitative estimate of drug-likeness (QED) is 0.503. The van der Waals surface area contributed by atoms with Gasteiger partial charge < -0.3 is 5.32 Å². The molecule has 4 nitrogen and oxygen atoms in total. The molecule has 5 heteroatoms. The van der Waals surface area contributed by atoms with Crippen molar-refractivity contribution in [2.75, 3.05) is 12.3 Å². The van der Waals surface area contributed by atoms with Crippen LogP contribution in [0.3, 0.4) is 0 Å². The number of carbonyl (C=O) groups is 1. The molecule has 0 aromatic carbocycles. The summed E-state index contributed by atoms with van der Waals surface area (Å²) in [5.41, 5.74) is 5.85. The van der Waals surface area contributed by atoms with Gasteiger partial charge in [0.15, 0.2) is 0 Å². The molecule has 0 aromatic heterocycles. The highest BCUT2D eigenvalue weighted by atomic mass is 32.2. The molecule has 1 amide bonds. The van der Waals surface area contributed by atoms with Gasteiger partial charge in [0.1, 0.15) is 0 Å². The third-order valence-electron chi connectivity index (χ3n) is 3.30. The average Bonchev–Trinajstić information content (AvgIpc) is 2.61. The van der Waals surface area contributed by atoms with Gasteiger partial charge in [-0.25, -0.2) is 5.43 Å². The molecule has 3 aliphatic heterocycles. The van der Waals surface area contributed by atoms with Crippen molar-refractivity contribution in [3.8, 4) is 0 Å². The van der Waals surface area contributed by atoms with E-state index in [4.69, 9.17) is 0 Å². The maximum atomic E-state index is 11.4. The van der Waals surface area contributed by atoms with Gasteiger partial charge >= 0.3 is 0 Å². The fourth-order valence-electron chi connectivity index (χ4n) is 2.50. The first-order valence-electron chi connectivity index (χ1n) is 4.93. The second kappa shape index (κ2) is 3.25. The number of rotatable bonds is 0. The van der Waals surface area contributed by atoms with Gasteiger partial charge in [-0.05, 0) is 5.41 Å². The first kappa shape index (κ1) is 8.76. The highest BCUT2D eigenvalue weighted by molar-refractivity contribution is 8.02. The van der Waals surface area contributed by atoms with E-state index in [9.17, 15) is 4.79 Å². The fraction of sp³-hybridized carbons (Fsp3) is 0.667. The van der Waals surface area contributed by atoms with E-state index in [2.05, 4.69) is 27.7 Å². The van der Waals surface area contributed by atoms with Gasteiger partial charge in [0, 0.05) is 30.3 Å². The molecule has 0 aliphatic carbocycles. The Morgan fingerprint density at radius 2 is 2.43 bits per heavy atom. The number of thioether (sulfide) groups is 1. The summed E-state index contributed by atoms with van der Waals surface area (Å²) >= 11 is 1.83. The lowest BCUT2D eigenvalue weighted by Crippen LogP contribution is -2.57. The first-order chi connectivity index (χ1) is 6.86. The van der Waals surface area contributed by atoms with Crippen molar-refractivity contribution in [2.45, 2.75) is 12.1 Å². The Hall–Kier alpha value is -0.520. The summed E-state index contributed by atoms with van der Waals surface area (Å²) < 4.78 is 0. The summed E-state index contributed by atoms with van der Waals surface area (Å²) in [6.07, 6.45) is 2.21. The molecule has 3 rings (SSSR count). The molecule has 0 spiro atoms. The largest absolute Gasteiger partial charge is 0.309 e. The van der Waals surface area contributed by atoms with Crippen molar-refractivity contribution >= 4 is 17.7 Å². The van der Waals surface area contributed by atoms with Gasteiger partial charge in [-0.2, -0.15) is 0 Å². The molecular formula is C9H13N3OS. The van der Waals surface area contributed by atoms with Crippen molar-refractivity contribution in [3.05, 3.63) is 11.5 Å². The summed E-state index contributed by atoms with van der Waals surface area (Å²) in [5, 5.41) is 5.57. The van der Waals surface area contributed by atoms with Gasteiger partial charge in [-0.15, -0.1) is 11.8 Å². The second-order valence-electron chi connectivity index (χ2n) is 4.03. The topological polar surface area (TPSA) is 53.2 Å². The lowest BCUT2D eigenvalue weighted by molar-refractivity contribution is -0.123. The number of carbonyl (C=O) groups excluding carboxylic acids is 1. The predicted octanol–water partition coefficient (Wildman–Crippen LogP) is -0.546. The smallest absolute Gasteiger partial charge is 0.240 e. The third-order valence-corrected chi connectivity index (χ3v) is 4.23. The van der Waals surface area contributed by atoms with Crippen LogP contribution in [0.2, 0.25) is 0 Å². The molecule has 2 fully saturated rings. The lowest BCUT2D eigenvalue weighted by Gasteiger charge is -2.39. The van der Waals surface area contributed by atoms with Crippen LogP contribution in [0.15, 0.2) is 11.5 Å². The Balaban J connectivity index is 1.85. The molecule has 0 radical (unpaired) electrons. The normalized spacial score (nSPS) is 45.6. The molecule has 3 heterocycles. The van der Waals surface area contributed by atoms with Crippen LogP contribution in [0.4, 0.5) is 0 Å². The minimum Gasteiger partial charge on any atom is -0.309 e. The Morgan fingerprint density at radius 1 is 1.50 bits per heavy atom. The molecule has 76 valence electrons. The van der Waals surface area contributed by atoms with Crippen molar-refractivity contribution in [2.24, 2.45) is 11.8 Å². The summed E-state index contributed by atoms with van der Waals surface area (Å²) in [4.78, 5) is 11.4.